The van der Waals surface area contributed by atoms with Gasteiger partial charge in [-0.25, -0.2) is 4.98 Å². The van der Waals surface area contributed by atoms with Gasteiger partial charge >= 0.3 is 0 Å². The fourth-order valence-corrected chi connectivity index (χ4v) is 3.15. The molecule has 1 saturated heterocycles. The van der Waals surface area contributed by atoms with Gasteiger partial charge in [0.15, 0.2) is 5.82 Å². The van der Waals surface area contributed by atoms with Crippen LogP contribution in [0.2, 0.25) is 0 Å². The second-order valence-electron chi connectivity index (χ2n) is 5.48. The third-order valence-electron chi connectivity index (χ3n) is 4.16. The van der Waals surface area contributed by atoms with E-state index in [4.69, 9.17) is 15.8 Å². The van der Waals surface area contributed by atoms with Gasteiger partial charge in [0.05, 0.1) is 5.69 Å². The van der Waals surface area contributed by atoms with Crippen molar-refractivity contribution in [2.45, 2.75) is 25.8 Å². The Bertz CT molecular complexity index is 578. The van der Waals surface area contributed by atoms with Gasteiger partial charge in [-0.1, -0.05) is 6.07 Å². The van der Waals surface area contributed by atoms with Crippen molar-refractivity contribution in [3.63, 3.8) is 0 Å². The van der Waals surface area contributed by atoms with Crippen LogP contribution in [0.3, 0.4) is 0 Å². The summed E-state index contributed by atoms with van der Waals surface area (Å²) in [5, 5.41) is 9.13. The molecule has 5 heteroatoms. The summed E-state index contributed by atoms with van der Waals surface area (Å²) in [5.41, 5.74) is 7.96. The van der Waals surface area contributed by atoms with Gasteiger partial charge in [-0.15, -0.1) is 0 Å². The topological polar surface area (TPSA) is 66.8 Å². The van der Waals surface area contributed by atoms with Crippen LogP contribution in [0.15, 0.2) is 24.4 Å². The molecule has 0 amide bonds. The first-order valence-corrected chi connectivity index (χ1v) is 7.35. The average molecular weight is 274 g/mol. The maximum absolute atomic E-state index is 9.13. The molecule has 3 N–H and O–H groups in total. The number of rotatable bonds is 4. The van der Waals surface area contributed by atoms with E-state index in [0.29, 0.717) is 12.5 Å². The largest absolute Gasteiger partial charge is 0.396 e. The molecule has 0 radical (unpaired) electrons. The summed E-state index contributed by atoms with van der Waals surface area (Å²) < 4.78 is 2.07. The number of imidazole rings is 1. The minimum absolute atomic E-state index is 0.271. The monoisotopic (exact) mass is 274 g/mol. The number of nitrogens with zero attached hydrogens (tertiary/aromatic N) is 3. The summed E-state index contributed by atoms with van der Waals surface area (Å²) in [4.78, 5) is 7.08. The lowest BCUT2D eigenvalue weighted by molar-refractivity contribution is 0.244. The molecule has 1 fully saturated rings. The number of hydrogen-bond donors (Lipinski definition) is 2. The third-order valence-corrected chi connectivity index (χ3v) is 4.16. The molecule has 1 aliphatic heterocycles. The number of anilines is 1. The number of aliphatic hydroxyl groups is 1. The molecule has 20 heavy (non-hydrogen) atoms. The smallest absolute Gasteiger partial charge is 0.152 e. The van der Waals surface area contributed by atoms with Crippen LogP contribution in [0, 0.1) is 5.92 Å². The van der Waals surface area contributed by atoms with E-state index in [-0.39, 0.29) is 6.61 Å². The third kappa shape index (κ3) is 2.39. The summed E-state index contributed by atoms with van der Waals surface area (Å²) in [6, 6.07) is 6.01. The van der Waals surface area contributed by atoms with Crippen molar-refractivity contribution in [1.29, 1.82) is 0 Å². The van der Waals surface area contributed by atoms with Crippen molar-refractivity contribution in [1.82, 2.24) is 9.38 Å². The van der Waals surface area contributed by atoms with Gasteiger partial charge < -0.3 is 20.1 Å². The first-order valence-electron chi connectivity index (χ1n) is 7.35. The van der Waals surface area contributed by atoms with Crippen LogP contribution < -0.4 is 10.6 Å². The molecular weight excluding hydrogens is 252 g/mol. The molecule has 5 nitrogen and oxygen atoms in total. The first-order chi connectivity index (χ1) is 9.83. The number of nitrogens with two attached hydrogens (primary N) is 1. The molecule has 1 atom stereocenters. The Hall–Kier alpha value is -1.59. The van der Waals surface area contributed by atoms with E-state index in [9.17, 15) is 0 Å². The van der Waals surface area contributed by atoms with Crippen molar-refractivity contribution in [2.75, 3.05) is 24.6 Å². The minimum Gasteiger partial charge on any atom is -0.396 e. The Morgan fingerprint density at radius 2 is 2.30 bits per heavy atom. The lowest BCUT2D eigenvalue weighted by Gasteiger charge is -2.33. The Morgan fingerprint density at radius 1 is 1.40 bits per heavy atom. The van der Waals surface area contributed by atoms with Gasteiger partial charge in [0.25, 0.3) is 0 Å². The summed E-state index contributed by atoms with van der Waals surface area (Å²) in [6.45, 7) is 2.76. The fraction of sp³-hybridized carbons (Fsp3) is 0.533. The highest BCUT2D eigenvalue weighted by molar-refractivity contribution is 5.56. The lowest BCUT2D eigenvalue weighted by atomic mass is 9.95. The standard InChI is InChI=1S/C15H22N4O/c16-10-13-15(17-14-5-1-2-8-19(13)14)18-7-3-4-12(11-18)6-9-20/h1-2,5,8,12,20H,3-4,6-7,9-11,16H2. The Morgan fingerprint density at radius 3 is 3.10 bits per heavy atom. The van der Waals surface area contributed by atoms with Crippen LogP contribution in [-0.2, 0) is 6.54 Å². The van der Waals surface area contributed by atoms with Crippen molar-refractivity contribution in [2.24, 2.45) is 11.7 Å². The number of piperidine rings is 1. The Kier molecular flexibility index (Phi) is 3.89. The van der Waals surface area contributed by atoms with Crippen molar-refractivity contribution < 1.29 is 5.11 Å². The van der Waals surface area contributed by atoms with E-state index in [2.05, 4.69) is 9.30 Å². The second kappa shape index (κ2) is 5.81. The zero-order valence-electron chi connectivity index (χ0n) is 11.7. The molecule has 0 spiro atoms. The number of aliphatic hydroxyl groups excluding tert-OH is 1. The van der Waals surface area contributed by atoms with Gasteiger partial charge in [-0.3, -0.25) is 0 Å². The maximum Gasteiger partial charge on any atom is 0.152 e. The molecule has 3 rings (SSSR count). The average Bonchev–Trinajstić information content (AvgIpc) is 2.86. The molecular formula is C15H22N4O. The minimum atomic E-state index is 0.271. The maximum atomic E-state index is 9.13. The van der Waals surface area contributed by atoms with E-state index >= 15 is 0 Å². The molecule has 108 valence electrons. The van der Waals surface area contributed by atoms with Crippen molar-refractivity contribution in [3.8, 4) is 0 Å². The van der Waals surface area contributed by atoms with Crippen LogP contribution in [0.5, 0.6) is 0 Å². The van der Waals surface area contributed by atoms with E-state index in [1.165, 1.54) is 6.42 Å². The van der Waals surface area contributed by atoms with Gasteiger partial charge in [0.2, 0.25) is 0 Å². The SMILES string of the molecule is NCc1c(N2CCCC(CCO)C2)nc2ccccn12. The van der Waals surface area contributed by atoms with Crippen molar-refractivity contribution >= 4 is 11.5 Å². The zero-order chi connectivity index (χ0) is 13.9. The highest BCUT2D eigenvalue weighted by Crippen LogP contribution is 2.27. The summed E-state index contributed by atoms with van der Waals surface area (Å²) in [7, 11) is 0. The Balaban J connectivity index is 1.92. The predicted octanol–water partition coefficient (Wildman–Crippen LogP) is 1.39. The molecule has 0 aromatic carbocycles. The quantitative estimate of drug-likeness (QED) is 0.884. The van der Waals surface area contributed by atoms with Crippen LogP contribution >= 0.6 is 0 Å². The molecule has 2 aromatic rings. The van der Waals surface area contributed by atoms with E-state index in [0.717, 1.165) is 43.1 Å². The molecule has 1 unspecified atom stereocenters. The van der Waals surface area contributed by atoms with Gasteiger partial charge in [0, 0.05) is 32.4 Å². The predicted molar refractivity (Wildman–Crippen MR) is 79.7 cm³/mol. The van der Waals surface area contributed by atoms with Crippen molar-refractivity contribution in [3.05, 3.63) is 30.1 Å². The molecule has 2 aromatic heterocycles. The van der Waals surface area contributed by atoms with Crippen LogP contribution in [0.1, 0.15) is 25.0 Å². The fourth-order valence-electron chi connectivity index (χ4n) is 3.15. The lowest BCUT2D eigenvalue weighted by Crippen LogP contribution is -2.36. The highest BCUT2D eigenvalue weighted by Gasteiger charge is 2.24. The second-order valence-corrected chi connectivity index (χ2v) is 5.48. The normalized spacial score (nSPS) is 19.7. The number of fused-ring (bicyclic) bond motifs is 1. The summed E-state index contributed by atoms with van der Waals surface area (Å²) in [5.74, 6) is 1.57. The first kappa shape index (κ1) is 13.4. The van der Waals surface area contributed by atoms with E-state index in [1.54, 1.807) is 0 Å². The number of aromatic nitrogens is 2. The Labute approximate surface area is 119 Å². The molecule has 0 saturated carbocycles. The summed E-state index contributed by atoms with van der Waals surface area (Å²) >= 11 is 0. The molecule has 1 aliphatic rings. The molecule has 3 heterocycles. The van der Waals surface area contributed by atoms with Gasteiger partial charge in [0.1, 0.15) is 5.65 Å². The highest BCUT2D eigenvalue weighted by atomic mass is 16.3. The van der Waals surface area contributed by atoms with E-state index < -0.39 is 0 Å². The summed E-state index contributed by atoms with van der Waals surface area (Å²) in [6.07, 6.45) is 5.25. The number of pyridine rings is 1. The van der Waals surface area contributed by atoms with Crippen LogP contribution in [0.25, 0.3) is 5.65 Å². The number of hydrogen-bond acceptors (Lipinski definition) is 4. The van der Waals surface area contributed by atoms with Gasteiger partial charge in [-0.2, -0.15) is 0 Å². The van der Waals surface area contributed by atoms with Gasteiger partial charge in [-0.05, 0) is 37.3 Å². The molecule has 0 bridgehead atoms. The van der Waals surface area contributed by atoms with Crippen LogP contribution in [-0.4, -0.2) is 34.2 Å². The van der Waals surface area contributed by atoms with Crippen LogP contribution in [0.4, 0.5) is 5.82 Å². The van der Waals surface area contributed by atoms with E-state index in [1.807, 2.05) is 24.4 Å². The molecule has 0 aliphatic carbocycles. The zero-order valence-corrected chi connectivity index (χ0v) is 11.7.